The van der Waals surface area contributed by atoms with Crippen molar-refractivity contribution in [3.63, 3.8) is 0 Å². The van der Waals surface area contributed by atoms with Gasteiger partial charge >= 0.3 is 0 Å². The van der Waals surface area contributed by atoms with Gasteiger partial charge in [-0.25, -0.2) is 4.98 Å². The molecule has 1 unspecified atom stereocenters. The van der Waals surface area contributed by atoms with E-state index in [4.69, 9.17) is 13.9 Å². The van der Waals surface area contributed by atoms with Crippen molar-refractivity contribution < 1.29 is 13.9 Å². The van der Waals surface area contributed by atoms with E-state index in [9.17, 15) is 0 Å². The Morgan fingerprint density at radius 1 is 1.21 bits per heavy atom. The molecule has 0 spiro atoms. The summed E-state index contributed by atoms with van der Waals surface area (Å²) in [7, 11) is 1.69. The van der Waals surface area contributed by atoms with Crippen molar-refractivity contribution in [2.75, 3.05) is 20.3 Å². The minimum absolute atomic E-state index is 0.257. The van der Waals surface area contributed by atoms with Gasteiger partial charge in [-0.3, -0.25) is 0 Å². The summed E-state index contributed by atoms with van der Waals surface area (Å²) in [6.45, 7) is 6.21. The maximum Gasteiger partial charge on any atom is 0.208 e. The maximum atomic E-state index is 5.71. The summed E-state index contributed by atoms with van der Waals surface area (Å²) in [6, 6.07) is 8.56. The van der Waals surface area contributed by atoms with Crippen molar-refractivity contribution in [2.45, 2.75) is 39.3 Å². The molecule has 2 heterocycles. The first-order valence-corrected chi connectivity index (χ1v) is 8.55. The molecule has 1 aliphatic heterocycles. The van der Waals surface area contributed by atoms with Gasteiger partial charge in [0.1, 0.15) is 11.5 Å². The molecule has 1 saturated heterocycles. The lowest BCUT2D eigenvalue weighted by Crippen LogP contribution is -2.32. The molecule has 1 aromatic carbocycles. The summed E-state index contributed by atoms with van der Waals surface area (Å²) in [6.07, 6.45) is 2.13. The maximum absolute atomic E-state index is 5.71. The number of hydrogen-bond donors (Lipinski definition) is 1. The van der Waals surface area contributed by atoms with Crippen LogP contribution >= 0.6 is 0 Å². The molecule has 0 saturated carbocycles. The van der Waals surface area contributed by atoms with Crippen LogP contribution in [0.1, 0.15) is 41.8 Å². The first kappa shape index (κ1) is 17.0. The van der Waals surface area contributed by atoms with E-state index in [1.807, 2.05) is 26.0 Å². The molecular weight excluding hydrogens is 304 g/mol. The van der Waals surface area contributed by atoms with E-state index in [0.29, 0.717) is 12.5 Å². The van der Waals surface area contributed by atoms with Crippen LogP contribution in [0.4, 0.5) is 0 Å². The number of nitrogens with one attached hydrogen (secondary N) is 1. The number of rotatable bonds is 6. The molecule has 1 fully saturated rings. The zero-order chi connectivity index (χ0) is 16.9. The SMILES string of the molecule is COc1ccc(C(NCc2nc(C)c(C)o2)C2CCOCC2)cc1. The van der Waals surface area contributed by atoms with E-state index in [2.05, 4.69) is 22.4 Å². The Labute approximate surface area is 143 Å². The van der Waals surface area contributed by atoms with E-state index in [1.165, 1.54) is 5.56 Å². The monoisotopic (exact) mass is 330 g/mol. The van der Waals surface area contributed by atoms with Gasteiger partial charge < -0.3 is 19.2 Å². The van der Waals surface area contributed by atoms with Gasteiger partial charge in [-0.05, 0) is 50.3 Å². The molecule has 1 aliphatic rings. The number of aromatic nitrogens is 1. The molecule has 1 atom stereocenters. The van der Waals surface area contributed by atoms with Crippen LogP contribution in [0, 0.1) is 19.8 Å². The highest BCUT2D eigenvalue weighted by Crippen LogP contribution is 2.31. The number of methoxy groups -OCH3 is 1. The van der Waals surface area contributed by atoms with E-state index >= 15 is 0 Å². The average molecular weight is 330 g/mol. The van der Waals surface area contributed by atoms with Crippen molar-refractivity contribution in [1.29, 1.82) is 0 Å². The predicted octanol–water partition coefficient (Wildman–Crippen LogP) is 3.56. The highest BCUT2D eigenvalue weighted by atomic mass is 16.5. The Morgan fingerprint density at radius 3 is 2.50 bits per heavy atom. The normalized spacial score (nSPS) is 17.0. The summed E-state index contributed by atoms with van der Waals surface area (Å²) < 4.78 is 16.5. The van der Waals surface area contributed by atoms with Gasteiger partial charge in [0.15, 0.2) is 0 Å². The second-order valence-electron chi connectivity index (χ2n) is 6.33. The van der Waals surface area contributed by atoms with Gasteiger partial charge in [0.2, 0.25) is 5.89 Å². The minimum atomic E-state index is 0.257. The molecule has 24 heavy (non-hydrogen) atoms. The molecule has 0 radical (unpaired) electrons. The van der Waals surface area contributed by atoms with Gasteiger partial charge in [0.25, 0.3) is 0 Å². The summed E-state index contributed by atoms with van der Waals surface area (Å²) in [5, 5.41) is 3.65. The molecule has 0 bridgehead atoms. The van der Waals surface area contributed by atoms with E-state index in [-0.39, 0.29) is 6.04 Å². The van der Waals surface area contributed by atoms with E-state index in [1.54, 1.807) is 7.11 Å². The van der Waals surface area contributed by atoms with Gasteiger partial charge in [-0.1, -0.05) is 12.1 Å². The molecule has 2 aromatic rings. The van der Waals surface area contributed by atoms with Crippen LogP contribution in [0.15, 0.2) is 28.7 Å². The molecule has 0 aliphatic carbocycles. The first-order valence-electron chi connectivity index (χ1n) is 8.55. The molecule has 130 valence electrons. The van der Waals surface area contributed by atoms with E-state index in [0.717, 1.165) is 49.1 Å². The van der Waals surface area contributed by atoms with E-state index < -0.39 is 0 Å². The van der Waals surface area contributed by atoms with Crippen LogP contribution in [-0.4, -0.2) is 25.3 Å². The quantitative estimate of drug-likeness (QED) is 0.878. The molecule has 5 heteroatoms. The Balaban J connectivity index is 1.75. The highest BCUT2D eigenvalue weighted by Gasteiger charge is 2.25. The molecular formula is C19H26N2O3. The molecule has 5 nitrogen and oxygen atoms in total. The van der Waals surface area contributed by atoms with Crippen LogP contribution in [0.25, 0.3) is 0 Å². The summed E-state index contributed by atoms with van der Waals surface area (Å²) in [5.74, 6) is 3.06. The fourth-order valence-corrected chi connectivity index (χ4v) is 3.23. The van der Waals surface area contributed by atoms with Crippen molar-refractivity contribution >= 4 is 0 Å². The zero-order valence-electron chi connectivity index (χ0n) is 14.7. The summed E-state index contributed by atoms with van der Waals surface area (Å²) in [4.78, 5) is 4.47. The third-order valence-corrected chi connectivity index (χ3v) is 4.76. The third kappa shape index (κ3) is 3.97. The topological polar surface area (TPSA) is 56.5 Å². The average Bonchev–Trinajstić information content (AvgIpc) is 2.94. The second kappa shape index (κ2) is 7.81. The molecule has 1 N–H and O–H groups in total. The number of nitrogens with zero attached hydrogens (tertiary/aromatic N) is 1. The Bertz CT molecular complexity index is 626. The van der Waals surface area contributed by atoms with Crippen molar-refractivity contribution in [3.8, 4) is 5.75 Å². The molecule has 0 amide bonds. The Kier molecular flexibility index (Phi) is 5.53. The van der Waals surface area contributed by atoms with Crippen LogP contribution in [0.3, 0.4) is 0 Å². The van der Waals surface area contributed by atoms with Gasteiger partial charge in [-0.2, -0.15) is 0 Å². The lowest BCUT2D eigenvalue weighted by molar-refractivity contribution is 0.0530. The number of ether oxygens (including phenoxy) is 2. The van der Waals surface area contributed by atoms with Crippen LogP contribution in [0.5, 0.6) is 5.75 Å². The smallest absolute Gasteiger partial charge is 0.208 e. The predicted molar refractivity (Wildman–Crippen MR) is 92.1 cm³/mol. The lowest BCUT2D eigenvalue weighted by atomic mass is 9.87. The number of aryl methyl sites for hydroxylation is 2. The Hall–Kier alpha value is -1.85. The standard InChI is InChI=1S/C19H26N2O3/c1-13-14(2)24-18(21-13)12-20-19(16-8-10-23-11-9-16)15-4-6-17(22-3)7-5-15/h4-7,16,19-20H,8-12H2,1-3H3. The van der Waals surface area contributed by atoms with Crippen molar-refractivity contribution in [2.24, 2.45) is 5.92 Å². The van der Waals surface area contributed by atoms with Crippen molar-refractivity contribution in [1.82, 2.24) is 10.3 Å². The van der Waals surface area contributed by atoms with Crippen LogP contribution in [-0.2, 0) is 11.3 Å². The number of oxazole rings is 1. The van der Waals surface area contributed by atoms with Crippen LogP contribution in [0.2, 0.25) is 0 Å². The summed E-state index contributed by atoms with van der Waals surface area (Å²) in [5.41, 5.74) is 2.22. The highest BCUT2D eigenvalue weighted by molar-refractivity contribution is 5.29. The summed E-state index contributed by atoms with van der Waals surface area (Å²) >= 11 is 0. The molecule has 3 rings (SSSR count). The zero-order valence-corrected chi connectivity index (χ0v) is 14.7. The Morgan fingerprint density at radius 2 is 1.92 bits per heavy atom. The first-order chi connectivity index (χ1) is 11.7. The van der Waals surface area contributed by atoms with Gasteiger partial charge in [-0.15, -0.1) is 0 Å². The van der Waals surface area contributed by atoms with Crippen LogP contribution < -0.4 is 10.1 Å². The second-order valence-corrected chi connectivity index (χ2v) is 6.33. The fourth-order valence-electron chi connectivity index (χ4n) is 3.23. The van der Waals surface area contributed by atoms with Gasteiger partial charge in [0.05, 0.1) is 19.3 Å². The van der Waals surface area contributed by atoms with Crippen molar-refractivity contribution in [3.05, 3.63) is 47.2 Å². The third-order valence-electron chi connectivity index (χ3n) is 4.76. The lowest BCUT2D eigenvalue weighted by Gasteiger charge is -2.31. The number of hydrogen-bond acceptors (Lipinski definition) is 5. The largest absolute Gasteiger partial charge is 0.497 e. The minimum Gasteiger partial charge on any atom is -0.497 e. The number of benzene rings is 1. The molecule has 1 aromatic heterocycles. The van der Waals surface area contributed by atoms with Gasteiger partial charge in [0, 0.05) is 19.3 Å². The fraction of sp³-hybridized carbons (Fsp3) is 0.526.